The number of methoxy groups -OCH3 is 1. The van der Waals surface area contributed by atoms with Gasteiger partial charge in [0.2, 0.25) is 0 Å². The minimum atomic E-state index is -0.0814. The predicted octanol–water partition coefficient (Wildman–Crippen LogP) is 2.22. The molecular weight excluding hydrogens is 294 g/mol. The topological polar surface area (TPSA) is 64.4 Å². The van der Waals surface area contributed by atoms with Crippen molar-refractivity contribution >= 4 is 11.7 Å². The molecule has 0 N–H and O–H groups in total. The van der Waals surface area contributed by atoms with Crippen LogP contribution < -0.4 is 0 Å². The number of rotatable bonds is 7. The highest BCUT2D eigenvalue weighted by Crippen LogP contribution is 2.24. The lowest BCUT2D eigenvalue weighted by Gasteiger charge is -2.21. The summed E-state index contributed by atoms with van der Waals surface area (Å²) in [5.41, 5.74) is 1.90. The van der Waals surface area contributed by atoms with Gasteiger partial charge in [-0.05, 0) is 25.7 Å². The van der Waals surface area contributed by atoms with E-state index in [-0.39, 0.29) is 11.7 Å². The number of fused-ring (bicyclic) bond motifs is 1. The van der Waals surface area contributed by atoms with Crippen LogP contribution in [0.1, 0.15) is 65.6 Å². The SMILES string of the molecule is CCCCN(CCOC)C(=O)c1nn(C)c2c1CCCCC2=O. The van der Waals surface area contributed by atoms with Crippen molar-refractivity contribution in [1.82, 2.24) is 14.7 Å². The third kappa shape index (κ3) is 3.99. The second-order valence-electron chi connectivity index (χ2n) is 6.07. The third-order valence-electron chi connectivity index (χ3n) is 4.33. The molecule has 2 rings (SSSR count). The van der Waals surface area contributed by atoms with Crippen molar-refractivity contribution in [2.45, 2.75) is 45.4 Å². The Kier molecular flexibility index (Phi) is 6.33. The van der Waals surface area contributed by atoms with Crippen LogP contribution in [0.2, 0.25) is 0 Å². The number of ketones is 1. The van der Waals surface area contributed by atoms with Crippen molar-refractivity contribution in [1.29, 1.82) is 0 Å². The van der Waals surface area contributed by atoms with Crippen molar-refractivity contribution in [3.05, 3.63) is 17.0 Å². The molecule has 0 aliphatic heterocycles. The Morgan fingerprint density at radius 3 is 2.74 bits per heavy atom. The molecule has 6 nitrogen and oxygen atoms in total. The average Bonchev–Trinajstić information content (AvgIpc) is 2.74. The van der Waals surface area contributed by atoms with E-state index in [0.29, 0.717) is 37.5 Å². The lowest BCUT2D eigenvalue weighted by molar-refractivity contribution is 0.0685. The van der Waals surface area contributed by atoms with Crippen molar-refractivity contribution in [3.63, 3.8) is 0 Å². The van der Waals surface area contributed by atoms with Crippen LogP contribution in [0.25, 0.3) is 0 Å². The number of aromatic nitrogens is 2. The number of carbonyl (C=O) groups is 2. The second kappa shape index (κ2) is 8.24. The summed E-state index contributed by atoms with van der Waals surface area (Å²) in [6.07, 6.45) is 5.08. The van der Waals surface area contributed by atoms with Gasteiger partial charge in [0, 0.05) is 39.2 Å². The van der Waals surface area contributed by atoms with Crippen LogP contribution in [-0.4, -0.2) is 53.2 Å². The van der Waals surface area contributed by atoms with Gasteiger partial charge in [-0.3, -0.25) is 14.3 Å². The molecule has 128 valence electrons. The second-order valence-corrected chi connectivity index (χ2v) is 6.07. The first-order valence-corrected chi connectivity index (χ1v) is 8.47. The zero-order valence-electron chi connectivity index (χ0n) is 14.4. The van der Waals surface area contributed by atoms with Crippen LogP contribution in [0.4, 0.5) is 0 Å². The zero-order chi connectivity index (χ0) is 16.8. The molecule has 0 saturated carbocycles. The van der Waals surface area contributed by atoms with E-state index in [2.05, 4.69) is 12.0 Å². The van der Waals surface area contributed by atoms with Crippen molar-refractivity contribution < 1.29 is 14.3 Å². The summed E-state index contributed by atoms with van der Waals surface area (Å²) in [6.45, 7) is 3.85. The molecule has 23 heavy (non-hydrogen) atoms. The monoisotopic (exact) mass is 321 g/mol. The Morgan fingerprint density at radius 2 is 2.04 bits per heavy atom. The van der Waals surface area contributed by atoms with Crippen molar-refractivity contribution in [2.75, 3.05) is 26.8 Å². The molecule has 1 aliphatic carbocycles. The molecule has 0 saturated heterocycles. The number of hydrogen-bond acceptors (Lipinski definition) is 4. The van der Waals surface area contributed by atoms with Crippen LogP contribution in [0.15, 0.2) is 0 Å². The third-order valence-corrected chi connectivity index (χ3v) is 4.33. The number of hydrogen-bond donors (Lipinski definition) is 0. The standard InChI is InChI=1S/C17H27N3O3/c1-4-5-10-20(11-12-23-3)17(22)15-13-8-6-7-9-14(21)16(13)19(2)18-15/h4-12H2,1-3H3. The molecule has 1 aromatic heterocycles. The van der Waals surface area contributed by atoms with Gasteiger partial charge in [-0.25, -0.2) is 0 Å². The Hall–Kier alpha value is -1.69. The maximum atomic E-state index is 12.9. The number of unbranched alkanes of at least 4 members (excludes halogenated alkanes) is 1. The largest absolute Gasteiger partial charge is 0.383 e. The summed E-state index contributed by atoms with van der Waals surface area (Å²) < 4.78 is 6.71. The molecule has 0 bridgehead atoms. The number of Topliss-reactive ketones (excluding diaryl/α,β-unsaturated/α-hetero) is 1. The summed E-state index contributed by atoms with van der Waals surface area (Å²) in [5.74, 6) is 0.0191. The first-order valence-electron chi connectivity index (χ1n) is 8.47. The summed E-state index contributed by atoms with van der Waals surface area (Å²) in [5, 5.41) is 4.39. The highest BCUT2D eigenvalue weighted by Gasteiger charge is 2.29. The van der Waals surface area contributed by atoms with Crippen LogP contribution in [0.5, 0.6) is 0 Å². The van der Waals surface area contributed by atoms with Crippen LogP contribution in [0.3, 0.4) is 0 Å². The van der Waals surface area contributed by atoms with Crippen LogP contribution >= 0.6 is 0 Å². The molecule has 0 radical (unpaired) electrons. The fourth-order valence-corrected chi connectivity index (χ4v) is 3.05. The normalized spacial score (nSPS) is 14.5. The van der Waals surface area contributed by atoms with Gasteiger partial charge >= 0.3 is 0 Å². The maximum absolute atomic E-state index is 12.9. The Morgan fingerprint density at radius 1 is 1.30 bits per heavy atom. The number of carbonyl (C=O) groups excluding carboxylic acids is 2. The number of nitrogens with zero attached hydrogens (tertiary/aromatic N) is 3. The Bertz CT molecular complexity index is 558. The van der Waals surface area contributed by atoms with Gasteiger partial charge in [0.15, 0.2) is 11.5 Å². The van der Waals surface area contributed by atoms with Gasteiger partial charge in [-0.15, -0.1) is 0 Å². The molecular formula is C17H27N3O3. The molecule has 1 aromatic rings. The smallest absolute Gasteiger partial charge is 0.274 e. The number of ether oxygens (including phenoxy) is 1. The minimum absolute atomic E-state index is 0.0814. The van der Waals surface area contributed by atoms with E-state index in [1.54, 1.807) is 23.7 Å². The molecule has 6 heteroatoms. The van der Waals surface area contributed by atoms with Crippen LogP contribution in [0, 0.1) is 0 Å². The van der Waals surface area contributed by atoms with E-state index in [1.165, 1.54) is 0 Å². The van der Waals surface area contributed by atoms with E-state index in [9.17, 15) is 9.59 Å². The van der Waals surface area contributed by atoms with Gasteiger partial charge in [0.1, 0.15) is 5.69 Å². The number of amides is 1. The maximum Gasteiger partial charge on any atom is 0.274 e. The highest BCUT2D eigenvalue weighted by molar-refractivity contribution is 6.01. The molecule has 0 unspecified atom stereocenters. The van der Waals surface area contributed by atoms with Gasteiger partial charge in [0.25, 0.3) is 5.91 Å². The lowest BCUT2D eigenvalue weighted by Crippen LogP contribution is -2.35. The molecule has 1 aliphatic rings. The molecule has 0 atom stereocenters. The summed E-state index contributed by atoms with van der Waals surface area (Å²) in [6, 6.07) is 0. The minimum Gasteiger partial charge on any atom is -0.383 e. The first kappa shape index (κ1) is 17.7. The molecule has 0 fully saturated rings. The van der Waals surface area contributed by atoms with Gasteiger partial charge in [-0.2, -0.15) is 5.10 Å². The van der Waals surface area contributed by atoms with E-state index < -0.39 is 0 Å². The van der Waals surface area contributed by atoms with Crippen molar-refractivity contribution in [3.8, 4) is 0 Å². The van der Waals surface area contributed by atoms with E-state index in [0.717, 1.165) is 37.7 Å². The highest BCUT2D eigenvalue weighted by atomic mass is 16.5. The van der Waals surface area contributed by atoms with Gasteiger partial charge in [0.05, 0.1) is 6.61 Å². The summed E-state index contributed by atoms with van der Waals surface area (Å²) in [7, 11) is 3.39. The Balaban J connectivity index is 2.29. The Labute approximate surface area is 137 Å². The molecule has 1 amide bonds. The molecule has 1 heterocycles. The first-order chi connectivity index (χ1) is 11.1. The van der Waals surface area contributed by atoms with Crippen molar-refractivity contribution in [2.24, 2.45) is 7.05 Å². The zero-order valence-corrected chi connectivity index (χ0v) is 14.4. The van der Waals surface area contributed by atoms with Gasteiger partial charge in [-0.1, -0.05) is 13.3 Å². The summed E-state index contributed by atoms with van der Waals surface area (Å²) in [4.78, 5) is 27.0. The summed E-state index contributed by atoms with van der Waals surface area (Å²) >= 11 is 0. The van der Waals surface area contributed by atoms with Crippen LogP contribution in [-0.2, 0) is 18.2 Å². The average molecular weight is 321 g/mol. The molecule has 0 spiro atoms. The predicted molar refractivity (Wildman–Crippen MR) is 87.8 cm³/mol. The van der Waals surface area contributed by atoms with Gasteiger partial charge < -0.3 is 9.64 Å². The fraction of sp³-hybridized carbons (Fsp3) is 0.706. The number of aryl methyl sites for hydroxylation is 1. The van der Waals surface area contributed by atoms with E-state index >= 15 is 0 Å². The quantitative estimate of drug-likeness (QED) is 0.722. The van der Waals surface area contributed by atoms with E-state index in [1.807, 2.05) is 0 Å². The lowest BCUT2D eigenvalue weighted by atomic mass is 10.1. The molecule has 0 aromatic carbocycles. The fourth-order valence-electron chi connectivity index (χ4n) is 3.05. The van der Waals surface area contributed by atoms with E-state index in [4.69, 9.17) is 4.74 Å².